The molecule has 1 saturated heterocycles. The fourth-order valence-corrected chi connectivity index (χ4v) is 4.02. The lowest BCUT2D eigenvalue weighted by Crippen LogP contribution is -2.36. The van der Waals surface area contributed by atoms with E-state index in [-0.39, 0.29) is 23.0 Å². The number of morpholine rings is 1. The van der Waals surface area contributed by atoms with Crippen LogP contribution in [0.4, 0.5) is 17.3 Å². The number of hydrogen-bond acceptors (Lipinski definition) is 11. The Balaban J connectivity index is 1.44. The van der Waals surface area contributed by atoms with Crippen molar-refractivity contribution in [1.82, 2.24) is 15.2 Å². The van der Waals surface area contributed by atoms with Crippen LogP contribution in [0.25, 0.3) is 0 Å². The smallest absolute Gasteiger partial charge is 0.211 e. The summed E-state index contributed by atoms with van der Waals surface area (Å²) >= 11 is 0. The van der Waals surface area contributed by atoms with Crippen molar-refractivity contribution in [3.8, 4) is 18.0 Å². The van der Waals surface area contributed by atoms with Crippen LogP contribution in [0.5, 0.6) is 5.75 Å². The number of hydrogen-bond donors (Lipinski definition) is 4. The zero-order valence-corrected chi connectivity index (χ0v) is 18.8. The highest BCUT2D eigenvalue weighted by Gasteiger charge is 2.29. The summed E-state index contributed by atoms with van der Waals surface area (Å²) in [6.45, 7) is 5.32. The van der Waals surface area contributed by atoms with Gasteiger partial charge < -0.3 is 26.3 Å². The van der Waals surface area contributed by atoms with E-state index in [2.05, 4.69) is 25.5 Å². The van der Waals surface area contributed by atoms with Crippen molar-refractivity contribution in [2.24, 2.45) is 4.99 Å². The topological polar surface area (TPSA) is 171 Å². The third kappa shape index (κ3) is 5.12. The van der Waals surface area contributed by atoms with E-state index in [9.17, 15) is 5.26 Å². The quantitative estimate of drug-likeness (QED) is 0.269. The number of unbranched alkanes of at least 4 members (excludes halogenated alkanes) is 1. The SMILES string of the molecule is N#CNC1=NC(c2ccc(OCCCCN3CCOCC3)cc2)c2c(nc(N)c(C#N)c2N)N1. The fraction of sp³-hybridized carbons (Fsp3) is 0.391. The molecule has 1 aromatic carbocycles. The first-order valence-corrected chi connectivity index (χ1v) is 11.1. The Hall–Kier alpha value is -4.06. The number of rotatable bonds is 7. The largest absolute Gasteiger partial charge is 0.494 e. The summed E-state index contributed by atoms with van der Waals surface area (Å²) in [6, 6.07) is 8.95. The molecule has 0 aliphatic carbocycles. The molecule has 1 fully saturated rings. The molecule has 4 rings (SSSR count). The molecule has 1 aromatic heterocycles. The highest BCUT2D eigenvalue weighted by molar-refractivity contribution is 5.98. The van der Waals surface area contributed by atoms with Crippen LogP contribution in [0, 0.1) is 22.8 Å². The highest BCUT2D eigenvalue weighted by atomic mass is 16.5. The number of anilines is 3. The molecule has 2 aromatic rings. The molecule has 0 bridgehead atoms. The Kier molecular flexibility index (Phi) is 7.28. The van der Waals surface area contributed by atoms with Crippen molar-refractivity contribution in [1.29, 1.82) is 10.5 Å². The molecule has 1 atom stereocenters. The fourth-order valence-electron chi connectivity index (χ4n) is 4.02. The Labute approximate surface area is 198 Å². The molecule has 0 spiro atoms. The normalized spacial score (nSPS) is 17.5. The lowest BCUT2D eigenvalue weighted by Gasteiger charge is -2.26. The molecule has 0 radical (unpaired) electrons. The summed E-state index contributed by atoms with van der Waals surface area (Å²) in [7, 11) is 0. The number of benzene rings is 1. The van der Waals surface area contributed by atoms with Crippen LogP contribution >= 0.6 is 0 Å². The molecule has 1 unspecified atom stereocenters. The number of nitrogens with one attached hydrogen (secondary N) is 2. The first kappa shape index (κ1) is 23.1. The Morgan fingerprint density at radius 2 is 1.94 bits per heavy atom. The van der Waals surface area contributed by atoms with Crippen LogP contribution < -0.4 is 26.8 Å². The standard InChI is InChI=1S/C23H27N9O2/c24-13-17-19(26)18-20(29-23(28-14-25)31-22(18)30-21(17)27)15-3-5-16(6-4-15)34-10-2-1-7-32-8-11-33-12-9-32/h3-6,20H,1-2,7-12H2,(H6,26,27,28,29,30,31). The van der Waals surface area contributed by atoms with Crippen LogP contribution in [0.15, 0.2) is 29.3 Å². The first-order chi connectivity index (χ1) is 16.6. The Morgan fingerprint density at radius 3 is 2.65 bits per heavy atom. The summed E-state index contributed by atoms with van der Waals surface area (Å²) in [5, 5.41) is 23.9. The van der Waals surface area contributed by atoms with Crippen LogP contribution in [-0.2, 0) is 4.74 Å². The van der Waals surface area contributed by atoms with Gasteiger partial charge in [0.25, 0.3) is 0 Å². The van der Waals surface area contributed by atoms with E-state index in [1.54, 1.807) is 0 Å². The second-order valence-electron chi connectivity index (χ2n) is 7.98. The average Bonchev–Trinajstić information content (AvgIpc) is 2.85. The molecule has 2 aliphatic heterocycles. The summed E-state index contributed by atoms with van der Waals surface area (Å²) < 4.78 is 11.3. The van der Waals surface area contributed by atoms with E-state index < -0.39 is 6.04 Å². The average molecular weight is 462 g/mol. The van der Waals surface area contributed by atoms with E-state index in [1.165, 1.54) is 0 Å². The van der Waals surface area contributed by atoms with Crippen molar-refractivity contribution in [2.75, 3.05) is 56.2 Å². The molecular weight excluding hydrogens is 434 g/mol. The van der Waals surface area contributed by atoms with Crippen LogP contribution in [0.3, 0.4) is 0 Å². The van der Waals surface area contributed by atoms with Crippen LogP contribution in [-0.4, -0.2) is 55.3 Å². The van der Waals surface area contributed by atoms with Gasteiger partial charge in [-0.2, -0.15) is 10.5 Å². The predicted octanol–water partition coefficient (Wildman–Crippen LogP) is 1.55. The van der Waals surface area contributed by atoms with E-state index in [1.807, 2.05) is 36.5 Å². The summed E-state index contributed by atoms with van der Waals surface area (Å²) in [5.74, 6) is 1.34. The molecule has 6 N–H and O–H groups in total. The highest BCUT2D eigenvalue weighted by Crippen LogP contribution is 2.40. The minimum absolute atomic E-state index is 0.0144. The van der Waals surface area contributed by atoms with Gasteiger partial charge in [-0.15, -0.1) is 0 Å². The lowest BCUT2D eigenvalue weighted by molar-refractivity contribution is 0.0368. The minimum atomic E-state index is -0.574. The molecule has 176 valence electrons. The lowest BCUT2D eigenvalue weighted by atomic mass is 9.95. The number of ether oxygens (including phenoxy) is 2. The van der Waals surface area contributed by atoms with E-state index >= 15 is 0 Å². The van der Waals surface area contributed by atoms with Crippen molar-refractivity contribution in [3.05, 3.63) is 41.0 Å². The molecular formula is C23H27N9O2. The zero-order chi connectivity index (χ0) is 23.9. The Bertz CT molecular complexity index is 1130. The number of nitrogens with zero attached hydrogens (tertiary/aromatic N) is 5. The molecule has 11 nitrogen and oxygen atoms in total. The van der Waals surface area contributed by atoms with Gasteiger partial charge in [-0.05, 0) is 37.1 Å². The molecule has 0 saturated carbocycles. The summed E-state index contributed by atoms with van der Waals surface area (Å²) in [4.78, 5) is 11.2. The Morgan fingerprint density at radius 1 is 1.18 bits per heavy atom. The maximum Gasteiger partial charge on any atom is 0.211 e. The van der Waals surface area contributed by atoms with Gasteiger partial charge in [-0.25, -0.2) is 9.98 Å². The van der Waals surface area contributed by atoms with Gasteiger partial charge in [0, 0.05) is 18.7 Å². The van der Waals surface area contributed by atoms with Gasteiger partial charge in [-0.1, -0.05) is 12.1 Å². The second-order valence-corrected chi connectivity index (χ2v) is 7.98. The van der Waals surface area contributed by atoms with Gasteiger partial charge in [0.1, 0.15) is 35.1 Å². The van der Waals surface area contributed by atoms with Crippen molar-refractivity contribution < 1.29 is 9.47 Å². The van der Waals surface area contributed by atoms with Crippen molar-refractivity contribution in [3.63, 3.8) is 0 Å². The number of aliphatic imine (C=N–C) groups is 1. The number of nitriles is 2. The molecule has 0 amide bonds. The maximum absolute atomic E-state index is 9.44. The third-order valence-corrected chi connectivity index (χ3v) is 5.79. The molecule has 3 heterocycles. The zero-order valence-electron chi connectivity index (χ0n) is 18.8. The first-order valence-electron chi connectivity index (χ1n) is 11.1. The molecule has 2 aliphatic rings. The van der Waals surface area contributed by atoms with Crippen molar-refractivity contribution in [2.45, 2.75) is 18.9 Å². The van der Waals surface area contributed by atoms with Crippen molar-refractivity contribution >= 4 is 23.3 Å². The van der Waals surface area contributed by atoms with Gasteiger partial charge in [0.15, 0.2) is 6.19 Å². The van der Waals surface area contributed by atoms with Crippen LogP contribution in [0.2, 0.25) is 0 Å². The number of aromatic nitrogens is 1. The summed E-state index contributed by atoms with van der Waals surface area (Å²) in [6.07, 6.45) is 3.88. The van der Waals surface area contributed by atoms with Gasteiger partial charge in [0.2, 0.25) is 5.96 Å². The third-order valence-electron chi connectivity index (χ3n) is 5.79. The predicted molar refractivity (Wildman–Crippen MR) is 128 cm³/mol. The van der Waals surface area contributed by atoms with E-state index in [4.69, 9.17) is 26.2 Å². The van der Waals surface area contributed by atoms with Gasteiger partial charge >= 0.3 is 0 Å². The number of guanidine groups is 1. The molecule has 11 heteroatoms. The maximum atomic E-state index is 9.44. The second kappa shape index (κ2) is 10.7. The molecule has 34 heavy (non-hydrogen) atoms. The van der Waals surface area contributed by atoms with Crippen LogP contribution in [0.1, 0.15) is 35.6 Å². The van der Waals surface area contributed by atoms with E-state index in [0.29, 0.717) is 18.0 Å². The van der Waals surface area contributed by atoms with Gasteiger partial charge in [0.05, 0.1) is 25.5 Å². The monoisotopic (exact) mass is 461 g/mol. The number of pyridine rings is 1. The number of nitrogens with two attached hydrogens (primary N) is 2. The van der Waals surface area contributed by atoms with Gasteiger partial charge in [-0.3, -0.25) is 10.2 Å². The van der Waals surface area contributed by atoms with E-state index in [0.717, 1.165) is 57.0 Å². The summed E-state index contributed by atoms with van der Waals surface area (Å²) in [5.41, 5.74) is 13.8. The minimum Gasteiger partial charge on any atom is -0.494 e. The number of nitrogen functional groups attached to an aromatic ring is 2. The number of fused-ring (bicyclic) bond motifs is 1.